The van der Waals surface area contributed by atoms with Gasteiger partial charge in [-0.05, 0) is 29.4 Å². The Morgan fingerprint density at radius 2 is 1.90 bits per heavy atom. The van der Waals surface area contributed by atoms with E-state index < -0.39 is 0 Å². The lowest BCUT2D eigenvalue weighted by Gasteiger charge is -2.11. The molecule has 0 N–H and O–H groups in total. The van der Waals surface area contributed by atoms with Gasteiger partial charge in [0.15, 0.2) is 0 Å². The molecule has 21 heavy (non-hydrogen) atoms. The molecule has 0 amide bonds. The van der Waals surface area contributed by atoms with Crippen molar-refractivity contribution in [3.63, 3.8) is 0 Å². The Kier molecular flexibility index (Phi) is 5.04. The molecule has 0 spiro atoms. The summed E-state index contributed by atoms with van der Waals surface area (Å²) in [5, 5.41) is 0. The highest BCUT2D eigenvalue weighted by Crippen LogP contribution is 2.22. The van der Waals surface area contributed by atoms with Gasteiger partial charge in [-0.25, -0.2) is 0 Å². The molecule has 0 aromatic heterocycles. The fraction of sp³-hybridized carbons (Fsp3) is 0.263. The highest BCUT2D eigenvalue weighted by molar-refractivity contribution is 5.74. The molecular weight excluding hydrogens is 256 g/mol. The third kappa shape index (κ3) is 4.38. The van der Waals surface area contributed by atoms with Crippen molar-refractivity contribution in [1.82, 2.24) is 0 Å². The summed E-state index contributed by atoms with van der Waals surface area (Å²) in [5.41, 5.74) is 3.79. The van der Waals surface area contributed by atoms with Gasteiger partial charge in [-0.15, -0.1) is 0 Å². The molecule has 2 heteroatoms. The summed E-state index contributed by atoms with van der Waals surface area (Å²) in [6.45, 7) is 12.4. The van der Waals surface area contributed by atoms with Gasteiger partial charge in [0.25, 0.3) is 0 Å². The van der Waals surface area contributed by atoms with Crippen molar-refractivity contribution in [2.75, 3.05) is 0 Å². The van der Waals surface area contributed by atoms with Crippen LogP contribution in [0.5, 0.6) is 0 Å². The lowest BCUT2D eigenvalue weighted by atomic mass is 10.0. The lowest BCUT2D eigenvalue weighted by Crippen LogP contribution is -1.98. The van der Waals surface area contributed by atoms with Crippen molar-refractivity contribution in [1.29, 1.82) is 0 Å². The molecule has 0 aromatic rings. The first kappa shape index (κ1) is 15.2. The van der Waals surface area contributed by atoms with Crippen LogP contribution in [0.3, 0.4) is 0 Å². The van der Waals surface area contributed by atoms with E-state index in [4.69, 9.17) is 0 Å². The molecule has 108 valence electrons. The van der Waals surface area contributed by atoms with E-state index in [2.05, 4.69) is 55.2 Å². The van der Waals surface area contributed by atoms with Crippen LogP contribution >= 0.6 is 0 Å². The molecule has 0 fully saturated rings. The molecule has 0 aromatic carbocycles. The van der Waals surface area contributed by atoms with Crippen molar-refractivity contribution in [2.24, 2.45) is 21.8 Å². The van der Waals surface area contributed by atoms with E-state index in [1.807, 2.05) is 30.7 Å². The minimum absolute atomic E-state index is 0.312. The van der Waals surface area contributed by atoms with Crippen LogP contribution in [0.15, 0.2) is 82.1 Å². The van der Waals surface area contributed by atoms with Crippen LogP contribution in [-0.2, 0) is 0 Å². The Morgan fingerprint density at radius 1 is 1.14 bits per heavy atom. The Hall–Kier alpha value is -2.22. The number of rotatable bonds is 3. The van der Waals surface area contributed by atoms with Gasteiger partial charge < -0.3 is 0 Å². The predicted molar refractivity (Wildman–Crippen MR) is 92.7 cm³/mol. The minimum atomic E-state index is 0.312. The second-order valence-corrected chi connectivity index (χ2v) is 5.48. The normalized spacial score (nSPS) is 28.1. The Labute approximate surface area is 127 Å². The highest BCUT2D eigenvalue weighted by Gasteiger charge is 2.08. The Balaban J connectivity index is 2.10. The second kappa shape index (κ2) is 6.98. The first-order chi connectivity index (χ1) is 10.1. The van der Waals surface area contributed by atoms with Gasteiger partial charge in [0, 0.05) is 42.1 Å². The smallest absolute Gasteiger partial charge is 0.0475 e. The summed E-state index contributed by atoms with van der Waals surface area (Å²) in [7, 11) is 0. The van der Waals surface area contributed by atoms with Gasteiger partial charge in [-0.2, -0.15) is 0 Å². The second-order valence-electron chi connectivity index (χ2n) is 5.48. The average Bonchev–Trinajstić information content (AvgIpc) is 2.66. The number of aliphatic imine (C=N–C) groups is 2. The van der Waals surface area contributed by atoms with Crippen molar-refractivity contribution < 1.29 is 0 Å². The molecule has 2 unspecified atom stereocenters. The summed E-state index contributed by atoms with van der Waals surface area (Å²) in [6, 6.07) is 0. The molecule has 0 saturated carbocycles. The van der Waals surface area contributed by atoms with E-state index in [9.17, 15) is 0 Å². The van der Waals surface area contributed by atoms with Gasteiger partial charge in [-0.1, -0.05) is 45.2 Å². The summed E-state index contributed by atoms with van der Waals surface area (Å²) in [4.78, 5) is 8.89. The topological polar surface area (TPSA) is 24.7 Å². The number of allylic oxidation sites excluding steroid dienone is 8. The summed E-state index contributed by atoms with van der Waals surface area (Å²) in [6.07, 6.45) is 17.0. The van der Waals surface area contributed by atoms with E-state index in [-0.39, 0.29) is 0 Å². The lowest BCUT2D eigenvalue weighted by molar-refractivity contribution is 0.841. The zero-order chi connectivity index (χ0) is 15.2. The zero-order valence-corrected chi connectivity index (χ0v) is 12.8. The van der Waals surface area contributed by atoms with Crippen LogP contribution < -0.4 is 0 Å². The number of nitrogens with zero attached hydrogens (tertiary/aromatic N) is 2. The van der Waals surface area contributed by atoms with Crippen LogP contribution in [0.2, 0.25) is 0 Å². The average molecular weight is 278 g/mol. The maximum atomic E-state index is 4.50. The van der Waals surface area contributed by atoms with Crippen LogP contribution in [0.4, 0.5) is 0 Å². The fourth-order valence-electron chi connectivity index (χ4n) is 2.11. The van der Waals surface area contributed by atoms with Crippen molar-refractivity contribution >= 4 is 12.4 Å². The van der Waals surface area contributed by atoms with Crippen molar-refractivity contribution in [2.45, 2.75) is 20.3 Å². The van der Waals surface area contributed by atoms with E-state index in [1.165, 1.54) is 0 Å². The SMILES string of the molecule is C=C(/C=C1\CC=CC(C)C=N1)C(=C)/C=C1/N=CC=CC1C. The molecular formula is C19H22N2. The number of hydrogen-bond acceptors (Lipinski definition) is 2. The molecule has 0 aliphatic carbocycles. The molecule has 2 rings (SSSR count). The number of hydrogen-bond donors (Lipinski definition) is 0. The van der Waals surface area contributed by atoms with Gasteiger partial charge in [0.1, 0.15) is 0 Å². The summed E-state index contributed by atoms with van der Waals surface area (Å²) < 4.78 is 0. The van der Waals surface area contributed by atoms with Crippen LogP contribution in [0.25, 0.3) is 0 Å². The Morgan fingerprint density at radius 3 is 2.67 bits per heavy atom. The fourth-order valence-corrected chi connectivity index (χ4v) is 2.11. The summed E-state index contributed by atoms with van der Waals surface area (Å²) in [5.74, 6) is 0.700. The van der Waals surface area contributed by atoms with Crippen molar-refractivity contribution in [3.05, 3.63) is 72.2 Å². The van der Waals surface area contributed by atoms with E-state index in [1.54, 1.807) is 0 Å². The zero-order valence-electron chi connectivity index (χ0n) is 12.8. The molecule has 2 atom stereocenters. The molecule has 2 aliphatic rings. The van der Waals surface area contributed by atoms with E-state index in [0.29, 0.717) is 11.8 Å². The van der Waals surface area contributed by atoms with Crippen molar-refractivity contribution in [3.8, 4) is 0 Å². The van der Waals surface area contributed by atoms with Gasteiger partial charge in [0.2, 0.25) is 0 Å². The first-order valence-electron chi connectivity index (χ1n) is 7.28. The maximum Gasteiger partial charge on any atom is 0.0475 e. The quantitative estimate of drug-likeness (QED) is 0.523. The molecule has 2 nitrogen and oxygen atoms in total. The molecule has 0 radical (unpaired) electrons. The monoisotopic (exact) mass is 278 g/mol. The molecule has 2 heterocycles. The molecule has 2 aliphatic heterocycles. The van der Waals surface area contributed by atoms with E-state index >= 15 is 0 Å². The van der Waals surface area contributed by atoms with Gasteiger partial charge in [-0.3, -0.25) is 9.98 Å². The van der Waals surface area contributed by atoms with Crippen LogP contribution in [-0.4, -0.2) is 12.4 Å². The van der Waals surface area contributed by atoms with Gasteiger partial charge in [0.05, 0.1) is 0 Å². The van der Waals surface area contributed by atoms with E-state index in [0.717, 1.165) is 29.0 Å². The van der Waals surface area contributed by atoms with Gasteiger partial charge >= 0.3 is 0 Å². The minimum Gasteiger partial charge on any atom is -0.265 e. The maximum absolute atomic E-state index is 4.50. The number of dihydropyridines is 1. The highest BCUT2D eigenvalue weighted by atomic mass is 14.7. The summed E-state index contributed by atoms with van der Waals surface area (Å²) >= 11 is 0. The predicted octanol–water partition coefficient (Wildman–Crippen LogP) is 4.81. The Bertz CT molecular complexity index is 609. The third-order valence-electron chi connectivity index (χ3n) is 3.49. The largest absolute Gasteiger partial charge is 0.265 e. The standard InChI is InChI=1S/C19H22N2/c1-14-7-5-9-18(21-13-14)11-16(3)17(4)12-19-15(2)8-6-10-20-19/h5-8,10-15H,3-4,9H2,1-2H3/b18-11+,19-12+. The van der Waals surface area contributed by atoms with Crippen LogP contribution in [0, 0.1) is 11.8 Å². The third-order valence-corrected chi connectivity index (χ3v) is 3.49. The first-order valence-corrected chi connectivity index (χ1v) is 7.28. The van der Waals surface area contributed by atoms with Crippen LogP contribution in [0.1, 0.15) is 20.3 Å². The molecule has 0 saturated heterocycles. The molecule has 0 bridgehead atoms.